The Morgan fingerprint density at radius 2 is 2.17 bits per heavy atom. The fraction of sp³-hybridized carbons (Fsp3) is 0.438. The van der Waals surface area contributed by atoms with Crippen molar-refractivity contribution in [3.8, 4) is 5.75 Å². The fourth-order valence-corrected chi connectivity index (χ4v) is 3.50. The van der Waals surface area contributed by atoms with Crippen molar-refractivity contribution >= 4 is 38.6 Å². The SMILES string of the molecule is CCCOc1cccc2sc(NC(=O)[C@@H]3CC[C@@H]3C(=O)O)nc12. The third-order valence-electron chi connectivity index (χ3n) is 4.00. The van der Waals surface area contributed by atoms with Crippen LogP contribution < -0.4 is 10.1 Å². The van der Waals surface area contributed by atoms with Crippen molar-refractivity contribution in [1.82, 2.24) is 4.98 Å². The zero-order valence-electron chi connectivity index (χ0n) is 12.7. The third-order valence-corrected chi connectivity index (χ3v) is 4.94. The van der Waals surface area contributed by atoms with Gasteiger partial charge < -0.3 is 15.2 Å². The predicted molar refractivity (Wildman–Crippen MR) is 87.9 cm³/mol. The second-order valence-corrected chi connectivity index (χ2v) is 6.62. The lowest BCUT2D eigenvalue weighted by Gasteiger charge is -2.31. The van der Waals surface area contributed by atoms with Crippen molar-refractivity contribution in [2.24, 2.45) is 11.8 Å². The monoisotopic (exact) mass is 334 g/mol. The van der Waals surface area contributed by atoms with Crippen LogP contribution in [0.3, 0.4) is 0 Å². The molecule has 2 N–H and O–H groups in total. The predicted octanol–water partition coefficient (Wildman–Crippen LogP) is 3.13. The van der Waals surface area contributed by atoms with Crippen LogP contribution in [0.15, 0.2) is 18.2 Å². The summed E-state index contributed by atoms with van der Waals surface area (Å²) < 4.78 is 6.60. The Morgan fingerprint density at radius 3 is 2.83 bits per heavy atom. The minimum absolute atomic E-state index is 0.265. The van der Waals surface area contributed by atoms with Crippen LogP contribution in [0.2, 0.25) is 0 Å². The first-order chi connectivity index (χ1) is 11.1. The van der Waals surface area contributed by atoms with E-state index in [9.17, 15) is 9.59 Å². The third kappa shape index (κ3) is 3.14. The zero-order valence-corrected chi connectivity index (χ0v) is 13.6. The molecular weight excluding hydrogens is 316 g/mol. The van der Waals surface area contributed by atoms with Crippen LogP contribution in [0.25, 0.3) is 10.2 Å². The lowest BCUT2D eigenvalue weighted by atomic mass is 9.73. The molecule has 1 aliphatic rings. The summed E-state index contributed by atoms with van der Waals surface area (Å²) in [5.41, 5.74) is 0.727. The zero-order chi connectivity index (χ0) is 16.4. The summed E-state index contributed by atoms with van der Waals surface area (Å²) in [7, 11) is 0. The first-order valence-corrected chi connectivity index (χ1v) is 8.47. The van der Waals surface area contributed by atoms with Gasteiger partial charge in [-0.3, -0.25) is 9.59 Å². The van der Waals surface area contributed by atoms with E-state index in [-0.39, 0.29) is 5.91 Å². The molecule has 1 saturated carbocycles. The highest BCUT2D eigenvalue weighted by molar-refractivity contribution is 7.22. The normalized spacial score (nSPS) is 20.0. The van der Waals surface area contributed by atoms with Gasteiger partial charge in [-0.15, -0.1) is 0 Å². The van der Waals surface area contributed by atoms with E-state index >= 15 is 0 Å². The number of benzene rings is 1. The van der Waals surface area contributed by atoms with Crippen LogP contribution in [0.5, 0.6) is 5.75 Å². The van der Waals surface area contributed by atoms with E-state index in [1.165, 1.54) is 11.3 Å². The largest absolute Gasteiger partial charge is 0.491 e. The van der Waals surface area contributed by atoms with Gasteiger partial charge in [0.2, 0.25) is 5.91 Å². The summed E-state index contributed by atoms with van der Waals surface area (Å²) in [6.45, 7) is 2.64. The number of nitrogens with one attached hydrogen (secondary N) is 1. The molecule has 0 radical (unpaired) electrons. The minimum Gasteiger partial charge on any atom is -0.491 e. The van der Waals surface area contributed by atoms with E-state index in [2.05, 4.69) is 10.3 Å². The van der Waals surface area contributed by atoms with E-state index < -0.39 is 17.8 Å². The lowest BCUT2D eigenvalue weighted by Crippen LogP contribution is -2.41. The van der Waals surface area contributed by atoms with Crippen molar-refractivity contribution in [2.45, 2.75) is 26.2 Å². The Balaban J connectivity index is 1.76. The number of carbonyl (C=O) groups is 2. The standard InChI is InChI=1S/C16H18N2O4S/c1-2-8-22-11-4-3-5-12-13(11)17-16(23-12)18-14(19)9-6-7-10(9)15(20)21/h3-5,9-10H,2,6-8H2,1H3,(H,20,21)(H,17,18,19)/t9-,10+/m1/s1. The first-order valence-electron chi connectivity index (χ1n) is 7.66. The minimum atomic E-state index is -0.907. The van der Waals surface area contributed by atoms with Crippen molar-refractivity contribution in [2.75, 3.05) is 11.9 Å². The second kappa shape index (κ2) is 6.54. The number of carbonyl (C=O) groups excluding carboxylic acids is 1. The van der Waals surface area contributed by atoms with Crippen LogP contribution in [-0.2, 0) is 9.59 Å². The second-order valence-electron chi connectivity index (χ2n) is 5.59. The van der Waals surface area contributed by atoms with Crippen molar-refractivity contribution in [1.29, 1.82) is 0 Å². The summed E-state index contributed by atoms with van der Waals surface area (Å²) >= 11 is 1.36. The summed E-state index contributed by atoms with van der Waals surface area (Å²) in [5.74, 6) is -1.51. The van der Waals surface area contributed by atoms with Crippen molar-refractivity contribution in [3.05, 3.63) is 18.2 Å². The Morgan fingerprint density at radius 1 is 1.39 bits per heavy atom. The molecule has 1 heterocycles. The number of carboxylic acid groups (broad SMARTS) is 1. The molecule has 6 nitrogen and oxygen atoms in total. The highest BCUT2D eigenvalue weighted by Gasteiger charge is 2.41. The molecule has 23 heavy (non-hydrogen) atoms. The van der Waals surface area contributed by atoms with Crippen LogP contribution >= 0.6 is 11.3 Å². The summed E-state index contributed by atoms with van der Waals surface area (Å²) in [6.07, 6.45) is 2.07. The molecule has 3 rings (SSSR count). The van der Waals surface area contributed by atoms with Gasteiger partial charge in [-0.2, -0.15) is 0 Å². The molecule has 1 aromatic carbocycles. The fourth-order valence-electron chi connectivity index (χ4n) is 2.61. The highest BCUT2D eigenvalue weighted by Crippen LogP contribution is 2.37. The summed E-state index contributed by atoms with van der Waals surface area (Å²) in [4.78, 5) is 27.7. The number of carboxylic acids is 1. The Hall–Kier alpha value is -2.15. The number of anilines is 1. The van der Waals surface area contributed by atoms with Gasteiger partial charge in [0.25, 0.3) is 0 Å². The maximum absolute atomic E-state index is 12.2. The number of nitrogens with zero attached hydrogens (tertiary/aromatic N) is 1. The molecule has 0 saturated heterocycles. The van der Waals surface area contributed by atoms with Crippen LogP contribution in [-0.4, -0.2) is 28.6 Å². The van der Waals surface area contributed by atoms with Gasteiger partial charge in [0, 0.05) is 0 Å². The molecule has 0 aliphatic heterocycles. The Bertz CT molecular complexity index is 743. The molecule has 2 atom stereocenters. The average Bonchev–Trinajstić information content (AvgIpc) is 2.85. The topological polar surface area (TPSA) is 88.5 Å². The number of thiazole rings is 1. The first kappa shape index (κ1) is 15.7. The van der Waals surface area contributed by atoms with Gasteiger partial charge in [0.1, 0.15) is 11.3 Å². The van der Waals surface area contributed by atoms with E-state index in [4.69, 9.17) is 9.84 Å². The van der Waals surface area contributed by atoms with Gasteiger partial charge in [-0.1, -0.05) is 24.3 Å². The average molecular weight is 334 g/mol. The number of hydrogen-bond acceptors (Lipinski definition) is 5. The number of aliphatic carboxylic acids is 1. The maximum atomic E-state index is 12.2. The summed E-state index contributed by atoms with van der Waals surface area (Å²) in [6, 6.07) is 5.67. The highest BCUT2D eigenvalue weighted by atomic mass is 32.1. The molecule has 122 valence electrons. The quantitative estimate of drug-likeness (QED) is 0.847. The summed E-state index contributed by atoms with van der Waals surface area (Å²) in [5, 5.41) is 12.3. The molecule has 1 aliphatic carbocycles. The van der Waals surface area contributed by atoms with Gasteiger partial charge in [-0.05, 0) is 31.4 Å². The maximum Gasteiger partial charge on any atom is 0.307 e. The molecule has 7 heteroatoms. The number of rotatable bonds is 6. The smallest absolute Gasteiger partial charge is 0.307 e. The van der Waals surface area contributed by atoms with Gasteiger partial charge in [0.05, 0.1) is 23.1 Å². The number of amides is 1. The van der Waals surface area contributed by atoms with Gasteiger partial charge in [0.15, 0.2) is 5.13 Å². The molecule has 2 aromatic rings. The van der Waals surface area contributed by atoms with Crippen LogP contribution in [0.4, 0.5) is 5.13 Å². The van der Waals surface area contributed by atoms with Crippen molar-refractivity contribution < 1.29 is 19.4 Å². The number of fused-ring (bicyclic) bond motifs is 1. The molecule has 0 bridgehead atoms. The van der Waals surface area contributed by atoms with Crippen LogP contribution in [0.1, 0.15) is 26.2 Å². The van der Waals surface area contributed by atoms with E-state index in [1.54, 1.807) is 0 Å². The Kier molecular flexibility index (Phi) is 4.47. The Labute approximate surface area is 137 Å². The lowest BCUT2D eigenvalue weighted by molar-refractivity contribution is -0.151. The van der Waals surface area contributed by atoms with Gasteiger partial charge in [-0.25, -0.2) is 4.98 Å². The number of ether oxygens (including phenoxy) is 1. The van der Waals surface area contributed by atoms with E-state index in [0.717, 1.165) is 16.6 Å². The molecular formula is C16H18N2O4S. The van der Waals surface area contributed by atoms with Gasteiger partial charge >= 0.3 is 5.97 Å². The molecule has 0 spiro atoms. The molecule has 0 unspecified atom stereocenters. The number of aromatic nitrogens is 1. The molecule has 1 fully saturated rings. The number of hydrogen-bond donors (Lipinski definition) is 2. The molecule has 1 aromatic heterocycles. The van der Waals surface area contributed by atoms with E-state index in [0.29, 0.717) is 30.3 Å². The number of para-hydroxylation sites is 1. The van der Waals surface area contributed by atoms with Crippen LogP contribution in [0, 0.1) is 11.8 Å². The molecule has 1 amide bonds. The van der Waals surface area contributed by atoms with E-state index in [1.807, 2.05) is 25.1 Å². The van der Waals surface area contributed by atoms with Crippen molar-refractivity contribution in [3.63, 3.8) is 0 Å².